The number of carbonyl (C=O) groups is 5. The van der Waals surface area contributed by atoms with Crippen molar-refractivity contribution in [3.63, 3.8) is 0 Å². The van der Waals surface area contributed by atoms with E-state index in [1.54, 1.807) is 30.3 Å². The van der Waals surface area contributed by atoms with E-state index in [0.717, 1.165) is 5.56 Å². The Morgan fingerprint density at radius 3 is 1.87 bits per heavy atom. The van der Waals surface area contributed by atoms with Gasteiger partial charge in [-0.05, 0) is 17.7 Å². The van der Waals surface area contributed by atoms with Crippen molar-refractivity contribution in [3.8, 4) is 0 Å². The van der Waals surface area contributed by atoms with Gasteiger partial charge in [-0.2, -0.15) is 0 Å². The van der Waals surface area contributed by atoms with Gasteiger partial charge in [-0.3, -0.25) is 19.7 Å². The summed E-state index contributed by atoms with van der Waals surface area (Å²) in [5.74, 6) is -3.46. The van der Waals surface area contributed by atoms with Crippen LogP contribution in [0.1, 0.15) is 39.1 Å². The summed E-state index contributed by atoms with van der Waals surface area (Å²) in [6.45, 7) is 0. The molecule has 1 fully saturated rings. The predicted molar refractivity (Wildman–Crippen MR) is 105 cm³/mol. The molecule has 4 N–H and O–H groups in total. The first-order valence-corrected chi connectivity index (χ1v) is 9.00. The number of carbonyl (C=O) groups excluding carboxylic acids is 3. The van der Waals surface area contributed by atoms with Crippen LogP contribution in [0.25, 0.3) is 0 Å². The Morgan fingerprint density at radius 2 is 1.40 bits per heavy atom. The number of amides is 3. The average molecular weight is 412 g/mol. The smallest absolute Gasteiger partial charge is 0.336 e. The van der Waals surface area contributed by atoms with E-state index in [2.05, 4.69) is 10.6 Å². The van der Waals surface area contributed by atoms with Gasteiger partial charge in [0.05, 0.1) is 11.1 Å². The zero-order valence-corrected chi connectivity index (χ0v) is 15.8. The summed E-state index contributed by atoms with van der Waals surface area (Å²) in [6, 6.07) is 13.4. The molecule has 9 heteroatoms. The molecule has 1 heterocycles. The van der Waals surface area contributed by atoms with Gasteiger partial charge in [0.1, 0.15) is 6.04 Å². The number of aliphatic carboxylic acids is 1. The number of nitrogens with one attached hydrogen (secondary N) is 2. The fourth-order valence-corrected chi connectivity index (χ4v) is 2.66. The van der Waals surface area contributed by atoms with Crippen molar-refractivity contribution in [1.29, 1.82) is 0 Å². The van der Waals surface area contributed by atoms with Gasteiger partial charge in [-0.1, -0.05) is 42.5 Å². The molecule has 0 saturated carbocycles. The Kier molecular flexibility index (Phi) is 7.81. The van der Waals surface area contributed by atoms with Crippen LogP contribution in [0.3, 0.4) is 0 Å². The average Bonchev–Trinajstić information content (AvgIpc) is 3.11. The van der Waals surface area contributed by atoms with Crippen molar-refractivity contribution in [2.45, 2.75) is 25.3 Å². The maximum atomic E-state index is 12.2. The van der Waals surface area contributed by atoms with Gasteiger partial charge >= 0.3 is 11.9 Å². The Hall–Kier alpha value is -4.01. The summed E-state index contributed by atoms with van der Waals surface area (Å²) < 4.78 is 0. The van der Waals surface area contributed by atoms with E-state index in [1.165, 1.54) is 24.3 Å². The number of carboxylic acids is 2. The summed E-state index contributed by atoms with van der Waals surface area (Å²) in [5, 5.41) is 22.9. The lowest BCUT2D eigenvalue weighted by atomic mass is 10.0. The van der Waals surface area contributed by atoms with Crippen LogP contribution in [0.4, 0.5) is 0 Å². The van der Waals surface area contributed by atoms with Crippen molar-refractivity contribution in [3.05, 3.63) is 71.3 Å². The Labute approximate surface area is 171 Å². The highest BCUT2D eigenvalue weighted by atomic mass is 16.4. The van der Waals surface area contributed by atoms with Gasteiger partial charge in [0.2, 0.25) is 11.8 Å². The first kappa shape index (κ1) is 22.3. The predicted octanol–water partition coefficient (Wildman–Crippen LogP) is 1.23. The van der Waals surface area contributed by atoms with Crippen LogP contribution in [0.2, 0.25) is 0 Å². The van der Waals surface area contributed by atoms with Crippen molar-refractivity contribution in [2.75, 3.05) is 0 Å². The Bertz CT molecular complexity index is 943. The third kappa shape index (κ3) is 6.55. The third-order valence-electron chi connectivity index (χ3n) is 4.15. The summed E-state index contributed by atoms with van der Waals surface area (Å²) in [5.41, 5.74) is 0.514. The molecule has 0 spiro atoms. The van der Waals surface area contributed by atoms with Gasteiger partial charge in [0.25, 0.3) is 5.91 Å². The maximum Gasteiger partial charge on any atom is 0.336 e. The lowest BCUT2D eigenvalue weighted by molar-refractivity contribution is -0.139. The molecular formula is C21H20N2O7. The molecular weight excluding hydrogens is 392 g/mol. The molecule has 2 aromatic rings. The topological polar surface area (TPSA) is 150 Å². The van der Waals surface area contributed by atoms with Crippen LogP contribution in [0, 0.1) is 0 Å². The molecule has 9 nitrogen and oxygen atoms in total. The van der Waals surface area contributed by atoms with Crippen molar-refractivity contribution < 1.29 is 34.2 Å². The van der Waals surface area contributed by atoms with Crippen LogP contribution < -0.4 is 10.6 Å². The normalized spacial score (nSPS) is 13.5. The van der Waals surface area contributed by atoms with E-state index in [0.29, 0.717) is 12.8 Å². The molecule has 30 heavy (non-hydrogen) atoms. The molecule has 0 radical (unpaired) electrons. The second-order valence-corrected chi connectivity index (χ2v) is 6.38. The van der Waals surface area contributed by atoms with Gasteiger partial charge < -0.3 is 15.5 Å². The van der Waals surface area contributed by atoms with Gasteiger partial charge in [-0.25, -0.2) is 9.59 Å². The zero-order chi connectivity index (χ0) is 22.1. The Balaban J connectivity index is 0.000000386. The van der Waals surface area contributed by atoms with Crippen LogP contribution in [0.15, 0.2) is 54.6 Å². The van der Waals surface area contributed by atoms with Gasteiger partial charge in [0.15, 0.2) is 0 Å². The number of imide groups is 1. The number of hydrogen-bond donors (Lipinski definition) is 4. The summed E-state index contributed by atoms with van der Waals surface area (Å²) in [6.07, 6.45) is 0.856. The molecule has 0 bridgehead atoms. The molecule has 1 saturated heterocycles. The summed E-state index contributed by atoms with van der Waals surface area (Å²) in [7, 11) is 0. The lowest BCUT2D eigenvalue weighted by Gasteiger charge is -2.15. The van der Waals surface area contributed by atoms with Crippen LogP contribution >= 0.6 is 0 Å². The molecule has 0 unspecified atom stereocenters. The second kappa shape index (κ2) is 10.5. The van der Waals surface area contributed by atoms with Gasteiger partial charge in [-0.15, -0.1) is 0 Å². The van der Waals surface area contributed by atoms with Crippen LogP contribution in [-0.2, 0) is 20.8 Å². The molecule has 1 aliphatic rings. The first-order chi connectivity index (χ1) is 14.3. The number of aromatic carboxylic acids is 1. The van der Waals surface area contributed by atoms with E-state index >= 15 is 0 Å². The number of rotatable bonds is 6. The molecule has 0 aliphatic carbocycles. The zero-order valence-electron chi connectivity index (χ0n) is 15.8. The molecule has 156 valence electrons. The molecule has 1 atom stereocenters. The van der Waals surface area contributed by atoms with Crippen molar-refractivity contribution >= 4 is 29.7 Å². The van der Waals surface area contributed by atoms with E-state index in [4.69, 9.17) is 5.11 Å². The molecule has 2 aromatic carbocycles. The van der Waals surface area contributed by atoms with Crippen LogP contribution in [0.5, 0.6) is 0 Å². The van der Waals surface area contributed by atoms with E-state index in [1.807, 2.05) is 0 Å². The highest BCUT2D eigenvalue weighted by Gasteiger charge is 2.23. The molecule has 3 amide bonds. The van der Waals surface area contributed by atoms with E-state index in [9.17, 15) is 29.1 Å². The molecule has 3 rings (SSSR count). The minimum absolute atomic E-state index is 0.0701. The SMILES string of the molecule is O=C(O)c1ccccc1C(=O)N[C@@H](Cc1ccccc1)C(=O)O.O=C1CCC(=O)N1. The quantitative estimate of drug-likeness (QED) is 0.521. The highest BCUT2D eigenvalue weighted by Crippen LogP contribution is 2.10. The van der Waals surface area contributed by atoms with E-state index < -0.39 is 23.9 Å². The Morgan fingerprint density at radius 1 is 0.867 bits per heavy atom. The largest absolute Gasteiger partial charge is 0.480 e. The number of hydrogen-bond acceptors (Lipinski definition) is 5. The first-order valence-electron chi connectivity index (χ1n) is 9.00. The minimum atomic E-state index is -1.24. The van der Waals surface area contributed by atoms with Crippen molar-refractivity contribution in [1.82, 2.24) is 10.6 Å². The van der Waals surface area contributed by atoms with Crippen molar-refractivity contribution in [2.24, 2.45) is 0 Å². The number of carboxylic acid groups (broad SMARTS) is 2. The fraction of sp³-hybridized carbons (Fsp3) is 0.190. The van der Waals surface area contributed by atoms with Crippen LogP contribution in [-0.4, -0.2) is 45.9 Å². The summed E-state index contributed by atoms with van der Waals surface area (Å²) >= 11 is 0. The minimum Gasteiger partial charge on any atom is -0.480 e. The fourth-order valence-electron chi connectivity index (χ4n) is 2.66. The third-order valence-corrected chi connectivity index (χ3v) is 4.15. The standard InChI is InChI=1S/C17H15NO5.C4H5NO2/c19-15(12-8-4-5-9-13(12)16(20)21)18-14(17(22)23)10-11-6-2-1-3-7-11;6-3-1-2-4(7)5-3/h1-9,14H,10H2,(H,18,19)(H,20,21)(H,22,23);1-2H2,(H,5,6,7)/t14-;/m0./s1. The number of benzene rings is 2. The van der Waals surface area contributed by atoms with E-state index in [-0.39, 0.29) is 29.4 Å². The lowest BCUT2D eigenvalue weighted by Crippen LogP contribution is -2.42. The molecule has 1 aliphatic heterocycles. The monoisotopic (exact) mass is 412 g/mol. The summed E-state index contributed by atoms with van der Waals surface area (Å²) in [4.78, 5) is 55.0. The molecule has 0 aromatic heterocycles. The van der Waals surface area contributed by atoms with Gasteiger partial charge in [0, 0.05) is 19.3 Å². The maximum absolute atomic E-state index is 12.2. The highest BCUT2D eigenvalue weighted by molar-refractivity contribution is 6.05. The second-order valence-electron chi connectivity index (χ2n) is 6.38.